The monoisotopic (exact) mass is 636 g/mol. The topological polar surface area (TPSA) is 161 Å². The van der Waals surface area contributed by atoms with Gasteiger partial charge in [-0.05, 0) is 29.8 Å². The van der Waals surface area contributed by atoms with Crippen LogP contribution in [0.5, 0.6) is 11.5 Å². The molecule has 12 nitrogen and oxygen atoms in total. The number of halogens is 1. The third-order valence-electron chi connectivity index (χ3n) is 5.75. The molecule has 5 atom stereocenters. The molecule has 3 rings (SSSR count). The number of hydrogen-bond acceptors (Lipinski definition) is 12. The number of carbonyl (C=O) groups is 5. The first-order valence-corrected chi connectivity index (χ1v) is 13.2. The van der Waals surface area contributed by atoms with Crippen molar-refractivity contribution in [1.82, 2.24) is 0 Å². The Morgan fingerprint density at radius 1 is 0.805 bits per heavy atom. The fourth-order valence-corrected chi connectivity index (χ4v) is 4.39. The zero-order valence-corrected chi connectivity index (χ0v) is 24.2. The van der Waals surface area contributed by atoms with Crippen LogP contribution >= 0.6 is 15.9 Å². The average Bonchev–Trinajstić information content (AvgIpc) is 2.87. The van der Waals surface area contributed by atoms with Gasteiger partial charge >= 0.3 is 23.9 Å². The molecule has 13 heteroatoms. The van der Waals surface area contributed by atoms with E-state index in [2.05, 4.69) is 15.9 Å². The summed E-state index contributed by atoms with van der Waals surface area (Å²) in [7, 11) is 0. The van der Waals surface area contributed by atoms with Crippen LogP contribution in [0.15, 0.2) is 46.9 Å². The predicted molar refractivity (Wildman–Crippen MR) is 143 cm³/mol. The number of ketones is 1. The van der Waals surface area contributed by atoms with Crippen LogP contribution in [0.4, 0.5) is 0 Å². The zero-order chi connectivity index (χ0) is 30.3. The summed E-state index contributed by atoms with van der Waals surface area (Å²) in [5.74, 6) is -3.73. The summed E-state index contributed by atoms with van der Waals surface area (Å²) < 4.78 is 33.7. The van der Waals surface area contributed by atoms with Gasteiger partial charge < -0.3 is 33.5 Å². The minimum Gasteiger partial charge on any atom is -0.507 e. The van der Waals surface area contributed by atoms with E-state index in [1.54, 1.807) is 24.3 Å². The van der Waals surface area contributed by atoms with Crippen LogP contribution in [-0.4, -0.2) is 72.1 Å². The molecule has 41 heavy (non-hydrogen) atoms. The van der Waals surface area contributed by atoms with Gasteiger partial charge in [0.1, 0.15) is 24.2 Å². The molecular weight excluding hydrogens is 608 g/mol. The van der Waals surface area contributed by atoms with Crippen molar-refractivity contribution in [1.29, 1.82) is 0 Å². The Balaban J connectivity index is 1.90. The van der Waals surface area contributed by atoms with Gasteiger partial charge in [-0.2, -0.15) is 0 Å². The number of benzene rings is 2. The number of esters is 4. The van der Waals surface area contributed by atoms with Gasteiger partial charge in [-0.25, -0.2) is 0 Å². The minimum absolute atomic E-state index is 0.00333. The number of ether oxygens (including phenoxy) is 6. The van der Waals surface area contributed by atoms with Crippen LogP contribution in [0.2, 0.25) is 0 Å². The fourth-order valence-electron chi connectivity index (χ4n) is 4.12. The van der Waals surface area contributed by atoms with E-state index >= 15 is 0 Å². The van der Waals surface area contributed by atoms with Crippen molar-refractivity contribution < 1.29 is 57.5 Å². The van der Waals surface area contributed by atoms with Gasteiger partial charge in [0.2, 0.25) is 12.4 Å². The highest BCUT2D eigenvalue weighted by molar-refractivity contribution is 9.10. The van der Waals surface area contributed by atoms with Crippen LogP contribution in [0, 0.1) is 0 Å². The van der Waals surface area contributed by atoms with Crippen molar-refractivity contribution in [2.75, 3.05) is 6.61 Å². The fraction of sp³-hybridized carbons (Fsp3) is 0.393. The van der Waals surface area contributed by atoms with Gasteiger partial charge in [0.05, 0.1) is 5.56 Å². The van der Waals surface area contributed by atoms with Crippen molar-refractivity contribution in [2.45, 2.75) is 64.8 Å². The van der Waals surface area contributed by atoms with E-state index in [4.69, 9.17) is 28.4 Å². The van der Waals surface area contributed by atoms with Crippen LogP contribution in [0.25, 0.3) is 0 Å². The van der Waals surface area contributed by atoms with E-state index in [9.17, 15) is 29.1 Å². The smallest absolute Gasteiger partial charge is 0.303 e. The molecule has 0 amide bonds. The van der Waals surface area contributed by atoms with E-state index in [-0.39, 0.29) is 29.3 Å². The molecule has 1 heterocycles. The maximum absolute atomic E-state index is 12.8. The molecule has 0 saturated carbocycles. The lowest BCUT2D eigenvalue weighted by molar-refractivity contribution is -0.288. The first-order chi connectivity index (χ1) is 19.3. The molecular formula is C28H29BrO12. The highest BCUT2D eigenvalue weighted by Crippen LogP contribution is 2.33. The third kappa shape index (κ3) is 9.02. The molecule has 1 N–H and O–H groups in total. The van der Waals surface area contributed by atoms with E-state index in [1.165, 1.54) is 18.2 Å². The molecule has 1 fully saturated rings. The summed E-state index contributed by atoms with van der Waals surface area (Å²) in [4.78, 5) is 60.1. The van der Waals surface area contributed by atoms with E-state index < -0.39 is 61.2 Å². The second-order valence-electron chi connectivity index (χ2n) is 9.09. The second kappa shape index (κ2) is 14.1. The minimum atomic E-state index is -1.49. The summed E-state index contributed by atoms with van der Waals surface area (Å²) in [5, 5.41) is 10.6. The molecule has 2 aromatic carbocycles. The van der Waals surface area contributed by atoms with Crippen molar-refractivity contribution in [2.24, 2.45) is 0 Å². The van der Waals surface area contributed by atoms with Gasteiger partial charge in [-0.3, -0.25) is 24.0 Å². The first kappa shape index (κ1) is 31.6. The van der Waals surface area contributed by atoms with Gasteiger partial charge in [0.15, 0.2) is 18.0 Å². The summed E-state index contributed by atoms with van der Waals surface area (Å²) in [6, 6.07) is 11.1. The zero-order valence-electron chi connectivity index (χ0n) is 22.7. The molecule has 0 aromatic heterocycles. The van der Waals surface area contributed by atoms with Crippen molar-refractivity contribution >= 4 is 45.6 Å². The number of carbonyl (C=O) groups excluding carboxylic acids is 5. The number of phenols is 1. The van der Waals surface area contributed by atoms with E-state index in [0.29, 0.717) is 0 Å². The molecule has 0 spiro atoms. The van der Waals surface area contributed by atoms with Crippen LogP contribution in [-0.2, 0) is 49.3 Å². The molecule has 1 saturated heterocycles. The SMILES string of the molecule is CC(=O)OC[C@@H]1O[C@@H](Oc2ccc(C(=O)Cc3ccc(Br)cc3)c(O)c2)[C@@H](OC(C)=O)[C@H](OC(C)=O)[C@H]1OC(C)=O. The molecule has 2 aromatic rings. The number of Topliss-reactive ketones (excluding diaryl/α,β-unsaturated/α-hetero) is 1. The van der Waals surface area contributed by atoms with Crippen molar-refractivity contribution in [3.8, 4) is 11.5 Å². The first-order valence-electron chi connectivity index (χ1n) is 12.4. The normalized spacial score (nSPS) is 21.7. The summed E-state index contributed by atoms with van der Waals surface area (Å²) in [5.41, 5.74) is 0.789. The summed E-state index contributed by atoms with van der Waals surface area (Å²) in [6.45, 7) is 4.05. The number of hydrogen-bond donors (Lipinski definition) is 1. The Kier molecular flexibility index (Phi) is 10.8. The Morgan fingerprint density at radius 2 is 1.39 bits per heavy atom. The maximum atomic E-state index is 12.8. The number of aromatic hydroxyl groups is 1. The predicted octanol–water partition coefficient (Wildman–Crippen LogP) is 3.04. The lowest BCUT2D eigenvalue weighted by Gasteiger charge is -2.43. The van der Waals surface area contributed by atoms with Crippen LogP contribution in [0.3, 0.4) is 0 Å². The van der Waals surface area contributed by atoms with Crippen molar-refractivity contribution in [3.05, 3.63) is 58.1 Å². The lowest BCUT2D eigenvalue weighted by atomic mass is 9.98. The molecule has 0 bridgehead atoms. The Labute approximate surface area is 243 Å². The average molecular weight is 637 g/mol. The standard InChI is InChI=1S/C28H29BrO12/c1-14(30)36-13-24-25(37-15(2)31)26(38-16(3)32)27(39-17(4)33)28(41-24)40-20-9-10-21(23(35)12-20)22(34)11-18-5-7-19(29)8-6-18/h5-10,12,24-28,35H,11,13H2,1-4H3/t24-,25-,26+,27-,28+/m0/s1. The molecule has 220 valence electrons. The Morgan fingerprint density at radius 3 is 1.95 bits per heavy atom. The van der Waals surface area contributed by atoms with Crippen LogP contribution in [0.1, 0.15) is 43.6 Å². The van der Waals surface area contributed by atoms with Gasteiger partial charge in [-0.1, -0.05) is 28.1 Å². The third-order valence-corrected chi connectivity index (χ3v) is 6.28. The lowest BCUT2D eigenvalue weighted by Crippen LogP contribution is -2.63. The second-order valence-corrected chi connectivity index (χ2v) is 10.0. The summed E-state index contributed by atoms with van der Waals surface area (Å²) >= 11 is 3.34. The highest BCUT2D eigenvalue weighted by atomic mass is 79.9. The van der Waals surface area contributed by atoms with E-state index in [1.807, 2.05) is 0 Å². The highest BCUT2D eigenvalue weighted by Gasteiger charge is 2.53. The Hall–Kier alpha value is -3.97. The summed E-state index contributed by atoms with van der Waals surface area (Å²) in [6.07, 6.45) is -6.86. The Bertz CT molecular complexity index is 1290. The molecule has 1 aliphatic rings. The van der Waals surface area contributed by atoms with E-state index in [0.717, 1.165) is 37.7 Å². The van der Waals surface area contributed by atoms with Crippen molar-refractivity contribution in [3.63, 3.8) is 0 Å². The maximum Gasteiger partial charge on any atom is 0.303 e. The van der Waals surface area contributed by atoms with Gasteiger partial charge in [0.25, 0.3) is 0 Å². The quantitative estimate of drug-likeness (QED) is 0.231. The van der Waals surface area contributed by atoms with Crippen LogP contribution < -0.4 is 4.74 Å². The number of phenolic OH excluding ortho intramolecular Hbond substituents is 1. The molecule has 0 radical (unpaired) electrons. The molecule has 0 unspecified atom stereocenters. The van der Waals surface area contributed by atoms with Gasteiger partial charge in [0, 0.05) is 44.7 Å². The molecule has 1 aliphatic heterocycles. The number of rotatable bonds is 10. The largest absolute Gasteiger partial charge is 0.507 e. The van der Waals surface area contributed by atoms with Gasteiger partial charge in [-0.15, -0.1) is 0 Å². The molecule has 0 aliphatic carbocycles.